The maximum absolute atomic E-state index is 12.4. The molecule has 4 heteroatoms. The highest BCUT2D eigenvalue weighted by Gasteiger charge is 2.15. The highest BCUT2D eigenvalue weighted by atomic mass is 16.1. The monoisotopic (exact) mass is 365 g/mol. The first-order valence-corrected chi connectivity index (χ1v) is 9.92. The van der Waals surface area contributed by atoms with Gasteiger partial charge in [-0.15, -0.1) is 0 Å². The standard InChI is InChI=1S/C23H31N3O/c1-23(2,3)18-11-13-19(14-12-18)25-22(27)17-24-20-9-5-6-10-21(20)26-15-7-4-8-16-26/h5-6,9-14,24H,4,7-8,15-17H2,1-3H3,(H,25,27). The van der Waals surface area contributed by atoms with Crippen molar-refractivity contribution in [2.24, 2.45) is 0 Å². The van der Waals surface area contributed by atoms with Crippen LogP contribution >= 0.6 is 0 Å². The summed E-state index contributed by atoms with van der Waals surface area (Å²) in [5, 5.41) is 6.29. The highest BCUT2D eigenvalue weighted by molar-refractivity contribution is 5.94. The van der Waals surface area contributed by atoms with Crippen molar-refractivity contribution >= 4 is 23.0 Å². The SMILES string of the molecule is CC(C)(C)c1ccc(NC(=O)CNc2ccccc2N2CCCCC2)cc1. The van der Waals surface area contributed by atoms with Gasteiger partial charge in [0.25, 0.3) is 0 Å². The summed E-state index contributed by atoms with van der Waals surface area (Å²) in [5.74, 6) is -0.0352. The lowest BCUT2D eigenvalue weighted by Crippen LogP contribution is -2.30. The van der Waals surface area contributed by atoms with Crippen LogP contribution in [0.2, 0.25) is 0 Å². The van der Waals surface area contributed by atoms with Gasteiger partial charge in [0.05, 0.1) is 17.9 Å². The predicted molar refractivity (Wildman–Crippen MR) is 115 cm³/mol. The van der Waals surface area contributed by atoms with Crippen LogP contribution in [0, 0.1) is 0 Å². The van der Waals surface area contributed by atoms with Crippen LogP contribution in [0.5, 0.6) is 0 Å². The summed E-state index contributed by atoms with van der Waals surface area (Å²) in [6.07, 6.45) is 3.78. The zero-order valence-corrected chi connectivity index (χ0v) is 16.7. The fraction of sp³-hybridized carbons (Fsp3) is 0.435. The molecular formula is C23H31N3O. The van der Waals surface area contributed by atoms with E-state index in [0.717, 1.165) is 24.5 Å². The Morgan fingerprint density at radius 3 is 2.30 bits per heavy atom. The highest BCUT2D eigenvalue weighted by Crippen LogP contribution is 2.28. The number of hydrogen-bond donors (Lipinski definition) is 2. The van der Waals surface area contributed by atoms with Gasteiger partial charge in [0.1, 0.15) is 0 Å². The summed E-state index contributed by atoms with van der Waals surface area (Å²) < 4.78 is 0. The van der Waals surface area contributed by atoms with E-state index in [4.69, 9.17) is 0 Å². The quantitative estimate of drug-likeness (QED) is 0.781. The average Bonchev–Trinajstić information content (AvgIpc) is 2.67. The van der Waals surface area contributed by atoms with E-state index in [0.29, 0.717) is 0 Å². The van der Waals surface area contributed by atoms with Gasteiger partial charge in [0.15, 0.2) is 0 Å². The zero-order chi connectivity index (χ0) is 19.3. The first-order valence-electron chi connectivity index (χ1n) is 9.92. The zero-order valence-electron chi connectivity index (χ0n) is 16.7. The first-order chi connectivity index (χ1) is 12.9. The third-order valence-corrected chi connectivity index (χ3v) is 5.07. The summed E-state index contributed by atoms with van der Waals surface area (Å²) in [7, 11) is 0. The van der Waals surface area contributed by atoms with E-state index in [9.17, 15) is 4.79 Å². The molecule has 0 spiro atoms. The van der Waals surface area contributed by atoms with E-state index < -0.39 is 0 Å². The fourth-order valence-corrected chi connectivity index (χ4v) is 3.47. The van der Waals surface area contributed by atoms with Gasteiger partial charge in [0, 0.05) is 18.8 Å². The number of nitrogens with zero attached hydrogens (tertiary/aromatic N) is 1. The van der Waals surface area contributed by atoms with E-state index in [2.05, 4.69) is 66.6 Å². The molecule has 1 aliphatic heterocycles. The van der Waals surface area contributed by atoms with Crippen molar-refractivity contribution in [3.05, 3.63) is 54.1 Å². The molecule has 1 aliphatic rings. The second-order valence-corrected chi connectivity index (χ2v) is 8.29. The molecule has 144 valence electrons. The molecule has 2 aromatic rings. The Morgan fingerprint density at radius 1 is 0.963 bits per heavy atom. The van der Waals surface area contributed by atoms with Crippen LogP contribution in [-0.2, 0) is 10.2 Å². The van der Waals surface area contributed by atoms with Crippen LogP contribution < -0.4 is 15.5 Å². The van der Waals surface area contributed by atoms with Crippen molar-refractivity contribution in [1.29, 1.82) is 0 Å². The lowest BCUT2D eigenvalue weighted by atomic mass is 9.87. The van der Waals surface area contributed by atoms with E-state index in [1.54, 1.807) is 0 Å². The van der Waals surface area contributed by atoms with Gasteiger partial charge in [-0.3, -0.25) is 4.79 Å². The number of para-hydroxylation sites is 2. The third kappa shape index (κ3) is 5.25. The molecule has 0 bridgehead atoms. The summed E-state index contributed by atoms with van der Waals surface area (Å²) in [4.78, 5) is 14.8. The second kappa shape index (κ2) is 8.47. The molecular weight excluding hydrogens is 334 g/mol. The molecule has 27 heavy (non-hydrogen) atoms. The fourth-order valence-electron chi connectivity index (χ4n) is 3.47. The summed E-state index contributed by atoms with van der Waals surface area (Å²) in [6, 6.07) is 16.4. The minimum Gasteiger partial charge on any atom is -0.374 e. The number of piperidine rings is 1. The van der Waals surface area contributed by atoms with Gasteiger partial charge in [-0.1, -0.05) is 45.0 Å². The number of anilines is 3. The Kier molecular flexibility index (Phi) is 6.04. The predicted octanol–water partition coefficient (Wildman–Crippen LogP) is 5.03. The van der Waals surface area contributed by atoms with E-state index >= 15 is 0 Å². The van der Waals surface area contributed by atoms with Crippen molar-refractivity contribution < 1.29 is 4.79 Å². The van der Waals surface area contributed by atoms with Gasteiger partial charge in [0.2, 0.25) is 5.91 Å². The molecule has 1 fully saturated rings. The molecule has 1 heterocycles. The molecule has 4 nitrogen and oxygen atoms in total. The molecule has 2 aromatic carbocycles. The smallest absolute Gasteiger partial charge is 0.243 e. The van der Waals surface area contributed by atoms with Gasteiger partial charge in [-0.25, -0.2) is 0 Å². The number of nitrogens with one attached hydrogen (secondary N) is 2. The molecule has 0 unspecified atom stereocenters. The minimum atomic E-state index is -0.0352. The number of hydrogen-bond acceptors (Lipinski definition) is 3. The molecule has 1 saturated heterocycles. The molecule has 0 atom stereocenters. The Hall–Kier alpha value is -2.49. The minimum absolute atomic E-state index is 0.0352. The van der Waals surface area contributed by atoms with Crippen LogP contribution in [-0.4, -0.2) is 25.5 Å². The summed E-state index contributed by atoms with van der Waals surface area (Å²) in [6.45, 7) is 8.99. The van der Waals surface area contributed by atoms with Crippen LogP contribution in [0.4, 0.5) is 17.1 Å². The van der Waals surface area contributed by atoms with Crippen LogP contribution in [0.15, 0.2) is 48.5 Å². The Bertz CT molecular complexity index is 756. The molecule has 0 aliphatic carbocycles. The number of carbonyl (C=O) groups is 1. The Morgan fingerprint density at radius 2 is 1.63 bits per heavy atom. The summed E-state index contributed by atoms with van der Waals surface area (Å²) >= 11 is 0. The van der Waals surface area contributed by atoms with E-state index in [-0.39, 0.29) is 17.9 Å². The molecule has 0 aromatic heterocycles. The van der Waals surface area contributed by atoms with Crippen LogP contribution in [0.3, 0.4) is 0 Å². The number of carbonyl (C=O) groups excluding carboxylic acids is 1. The molecule has 0 saturated carbocycles. The normalized spacial score (nSPS) is 14.7. The van der Waals surface area contributed by atoms with Crippen LogP contribution in [0.25, 0.3) is 0 Å². The number of benzene rings is 2. The molecule has 0 radical (unpaired) electrons. The lowest BCUT2D eigenvalue weighted by molar-refractivity contribution is -0.114. The van der Waals surface area contributed by atoms with Gasteiger partial charge < -0.3 is 15.5 Å². The average molecular weight is 366 g/mol. The van der Waals surface area contributed by atoms with Crippen molar-refractivity contribution in [2.75, 3.05) is 35.2 Å². The summed E-state index contributed by atoms with van der Waals surface area (Å²) in [5.41, 5.74) is 4.42. The van der Waals surface area contributed by atoms with Crippen molar-refractivity contribution in [2.45, 2.75) is 45.4 Å². The largest absolute Gasteiger partial charge is 0.374 e. The van der Waals surface area contributed by atoms with Gasteiger partial charge in [-0.2, -0.15) is 0 Å². The molecule has 3 rings (SSSR count). The first kappa shape index (κ1) is 19.3. The van der Waals surface area contributed by atoms with Crippen LogP contribution in [0.1, 0.15) is 45.6 Å². The second-order valence-electron chi connectivity index (χ2n) is 8.29. The molecule has 1 amide bonds. The Balaban J connectivity index is 1.58. The Labute approximate surface area is 163 Å². The number of rotatable bonds is 5. The maximum atomic E-state index is 12.4. The lowest BCUT2D eigenvalue weighted by Gasteiger charge is -2.30. The topological polar surface area (TPSA) is 44.4 Å². The maximum Gasteiger partial charge on any atom is 0.243 e. The van der Waals surface area contributed by atoms with Crippen molar-refractivity contribution in [3.8, 4) is 0 Å². The van der Waals surface area contributed by atoms with Crippen molar-refractivity contribution in [1.82, 2.24) is 0 Å². The van der Waals surface area contributed by atoms with E-state index in [1.165, 1.54) is 30.5 Å². The van der Waals surface area contributed by atoms with Gasteiger partial charge >= 0.3 is 0 Å². The van der Waals surface area contributed by atoms with Gasteiger partial charge in [-0.05, 0) is 54.5 Å². The van der Waals surface area contributed by atoms with E-state index in [1.807, 2.05) is 18.2 Å². The number of amides is 1. The molecule has 2 N–H and O–H groups in total. The van der Waals surface area contributed by atoms with Crippen molar-refractivity contribution in [3.63, 3.8) is 0 Å². The third-order valence-electron chi connectivity index (χ3n) is 5.07.